The van der Waals surface area contributed by atoms with E-state index in [0.717, 1.165) is 75.4 Å². The van der Waals surface area contributed by atoms with Gasteiger partial charge in [-0.15, -0.1) is 0 Å². The Morgan fingerprint density at radius 2 is 0.925 bits per heavy atom. The van der Waals surface area contributed by atoms with Crippen molar-refractivity contribution in [2.45, 2.75) is 105 Å². The van der Waals surface area contributed by atoms with Crippen molar-refractivity contribution in [3.63, 3.8) is 0 Å². The quantitative estimate of drug-likeness (QED) is 0.0601. The van der Waals surface area contributed by atoms with E-state index < -0.39 is 11.9 Å². The highest BCUT2D eigenvalue weighted by atomic mass is 16.5. The predicted molar refractivity (Wildman–Crippen MR) is 159 cm³/mol. The van der Waals surface area contributed by atoms with Gasteiger partial charge in [0.25, 0.3) is 0 Å². The molecule has 0 heterocycles. The maximum atomic E-state index is 12.9. The number of allylic oxidation sites excluding steroid dienone is 4. The van der Waals surface area contributed by atoms with E-state index in [1.54, 1.807) is 0 Å². The first kappa shape index (κ1) is 34.1. The van der Waals surface area contributed by atoms with Crippen LogP contribution in [0.3, 0.4) is 0 Å². The molecule has 0 N–H and O–H groups in total. The Morgan fingerprint density at radius 1 is 0.625 bits per heavy atom. The fourth-order valence-electron chi connectivity index (χ4n) is 4.11. The van der Waals surface area contributed by atoms with E-state index >= 15 is 0 Å². The minimum atomic E-state index is -0.739. The van der Waals surface area contributed by atoms with Crippen molar-refractivity contribution in [1.82, 2.24) is 0 Å². The first-order chi connectivity index (χ1) is 19.3. The third kappa shape index (κ3) is 11.1. The molecule has 0 aliphatic rings. The van der Waals surface area contributed by atoms with Crippen LogP contribution in [0.2, 0.25) is 0 Å². The predicted octanol–water partition coefficient (Wildman–Crippen LogP) is 9.01. The Balaban J connectivity index is 3.13. The molecule has 6 heteroatoms. The summed E-state index contributed by atoms with van der Waals surface area (Å²) in [5.41, 5.74) is 2.84. The van der Waals surface area contributed by atoms with Gasteiger partial charge in [0.15, 0.2) is 0 Å². The van der Waals surface area contributed by atoms with Crippen molar-refractivity contribution in [3.8, 4) is 23.6 Å². The molecule has 0 saturated heterocycles. The third-order valence-corrected chi connectivity index (χ3v) is 6.56. The Bertz CT molecular complexity index is 1080. The monoisotopic (exact) mass is 544 g/mol. The lowest BCUT2D eigenvalue weighted by Crippen LogP contribution is -2.14. The van der Waals surface area contributed by atoms with Crippen molar-refractivity contribution < 1.29 is 19.1 Å². The van der Waals surface area contributed by atoms with E-state index in [0.29, 0.717) is 24.0 Å². The average molecular weight is 545 g/mol. The van der Waals surface area contributed by atoms with Gasteiger partial charge in [-0.2, -0.15) is 10.5 Å². The molecular weight excluding hydrogens is 500 g/mol. The van der Waals surface area contributed by atoms with E-state index in [1.807, 2.05) is 12.1 Å². The van der Waals surface area contributed by atoms with Crippen molar-refractivity contribution in [2.24, 2.45) is 0 Å². The van der Waals surface area contributed by atoms with Crippen molar-refractivity contribution in [1.29, 1.82) is 10.5 Å². The zero-order chi connectivity index (χ0) is 29.9. The van der Waals surface area contributed by atoms with Gasteiger partial charge >= 0.3 is 11.9 Å². The van der Waals surface area contributed by atoms with Gasteiger partial charge in [-0.1, -0.05) is 77.7 Å². The van der Waals surface area contributed by atoms with Gasteiger partial charge in [-0.05, 0) is 86.8 Å². The van der Waals surface area contributed by atoms with Crippen LogP contribution in [-0.4, -0.2) is 11.9 Å². The lowest BCUT2D eigenvalue weighted by molar-refractivity contribution is -0.130. The molecule has 0 amide bonds. The first-order valence-electron chi connectivity index (χ1n) is 14.4. The summed E-state index contributed by atoms with van der Waals surface area (Å²) in [5.74, 6) is -1.06. The lowest BCUT2D eigenvalue weighted by atomic mass is 9.93. The second-order valence-corrected chi connectivity index (χ2v) is 9.80. The zero-order valence-electron chi connectivity index (χ0n) is 24.7. The summed E-state index contributed by atoms with van der Waals surface area (Å²) in [6.07, 6.45) is 9.98. The maximum absolute atomic E-state index is 12.9. The molecule has 1 aromatic carbocycles. The second-order valence-electron chi connectivity index (χ2n) is 9.80. The molecule has 0 saturated carbocycles. The maximum Gasteiger partial charge on any atom is 0.354 e. The van der Waals surface area contributed by atoms with Crippen molar-refractivity contribution >= 4 is 11.9 Å². The molecule has 40 heavy (non-hydrogen) atoms. The van der Waals surface area contributed by atoms with E-state index in [2.05, 4.69) is 40.9 Å². The van der Waals surface area contributed by atoms with E-state index in [4.69, 9.17) is 9.47 Å². The number of ether oxygens (including phenoxy) is 2. The van der Waals surface area contributed by atoms with Crippen LogP contribution >= 0.6 is 0 Å². The molecule has 0 atom stereocenters. The molecule has 0 aliphatic carbocycles. The number of esters is 2. The molecule has 0 unspecified atom stereocenters. The number of hydrogen-bond donors (Lipinski definition) is 0. The highest BCUT2D eigenvalue weighted by molar-refractivity contribution is 5.96. The van der Waals surface area contributed by atoms with Gasteiger partial charge < -0.3 is 9.47 Å². The van der Waals surface area contributed by atoms with Crippen LogP contribution in [-0.2, 0) is 9.59 Å². The number of benzene rings is 1. The number of nitriles is 2. The largest absolute Gasteiger partial charge is 0.422 e. The standard InChI is InChI=1S/C34H44N2O4/c1-7-11-15-25(5)29(17-13-9-3)31(23-35)33(37)39-27-19-21-28(22-20-27)40-34(38)32(24-36)30(18-14-10-4)26(6)16-12-8-2/h19-22H,5-18H2,1-4H3. The number of hydrogen-bond acceptors (Lipinski definition) is 6. The number of unbranched alkanes of at least 4 members (excludes halogenated alkanes) is 4. The summed E-state index contributed by atoms with van der Waals surface area (Å²) in [4.78, 5) is 25.9. The Morgan fingerprint density at radius 3 is 1.20 bits per heavy atom. The number of carbonyl (C=O) groups excluding carboxylic acids is 2. The first-order valence-corrected chi connectivity index (χ1v) is 14.4. The van der Waals surface area contributed by atoms with Crippen molar-refractivity contribution in [3.05, 3.63) is 70.9 Å². The Hall–Kier alpha value is -3.90. The van der Waals surface area contributed by atoms with Crippen LogP contribution in [0.25, 0.3) is 0 Å². The normalized spacial score (nSPS) is 11.8. The van der Waals surface area contributed by atoms with Crippen molar-refractivity contribution in [2.75, 3.05) is 0 Å². The van der Waals surface area contributed by atoms with E-state index in [-0.39, 0.29) is 22.6 Å². The van der Waals surface area contributed by atoms with Crippen LogP contribution in [0.15, 0.2) is 70.9 Å². The van der Waals surface area contributed by atoms with Crippen LogP contribution in [0.5, 0.6) is 11.5 Å². The molecule has 0 aromatic heterocycles. The van der Waals surface area contributed by atoms with Gasteiger partial charge in [0, 0.05) is 0 Å². The number of carbonyl (C=O) groups is 2. The topological polar surface area (TPSA) is 100 Å². The molecule has 0 bridgehead atoms. The molecule has 1 aromatic rings. The molecule has 0 radical (unpaired) electrons. The SMILES string of the molecule is C=C(CCCC)C(CCCC)=C(C#N)C(=O)Oc1ccc(OC(=O)C(C#N)=C(CCCC)C(=C)CCCC)cc1. The summed E-state index contributed by atoms with van der Waals surface area (Å²) in [5, 5.41) is 19.6. The summed E-state index contributed by atoms with van der Waals surface area (Å²) in [6, 6.07) is 10.00. The fourth-order valence-corrected chi connectivity index (χ4v) is 4.11. The van der Waals surface area contributed by atoms with Gasteiger partial charge in [-0.3, -0.25) is 0 Å². The summed E-state index contributed by atoms with van der Waals surface area (Å²) in [6.45, 7) is 16.5. The minimum Gasteiger partial charge on any atom is -0.422 e. The third-order valence-electron chi connectivity index (χ3n) is 6.56. The Labute approximate surface area is 240 Å². The van der Waals surface area contributed by atoms with E-state index in [1.165, 1.54) is 24.3 Å². The fraction of sp³-hybridized carbons (Fsp3) is 0.471. The minimum absolute atomic E-state index is 0.0308. The molecule has 0 spiro atoms. The Kier molecular flexibility index (Phi) is 16.4. The van der Waals surface area contributed by atoms with Gasteiger partial charge in [-0.25, -0.2) is 9.59 Å². The highest BCUT2D eigenvalue weighted by Gasteiger charge is 2.21. The van der Waals surface area contributed by atoms with Crippen LogP contribution in [0.4, 0.5) is 0 Å². The van der Waals surface area contributed by atoms with Crippen LogP contribution in [0, 0.1) is 22.7 Å². The van der Waals surface area contributed by atoms with Gasteiger partial charge in [0.05, 0.1) is 0 Å². The second kappa shape index (κ2) is 19.2. The highest BCUT2D eigenvalue weighted by Crippen LogP contribution is 2.28. The summed E-state index contributed by atoms with van der Waals surface area (Å²) < 4.78 is 11.0. The molecule has 214 valence electrons. The van der Waals surface area contributed by atoms with E-state index in [9.17, 15) is 20.1 Å². The number of nitrogens with zero attached hydrogens (tertiary/aromatic N) is 2. The average Bonchev–Trinajstić information content (AvgIpc) is 2.95. The summed E-state index contributed by atoms with van der Waals surface area (Å²) in [7, 11) is 0. The zero-order valence-corrected chi connectivity index (χ0v) is 24.7. The summed E-state index contributed by atoms with van der Waals surface area (Å²) >= 11 is 0. The smallest absolute Gasteiger partial charge is 0.354 e. The molecule has 6 nitrogen and oxygen atoms in total. The molecular formula is C34H44N2O4. The molecule has 1 rings (SSSR count). The van der Waals surface area contributed by atoms with Gasteiger partial charge in [0.2, 0.25) is 0 Å². The molecule has 0 aliphatic heterocycles. The van der Waals surface area contributed by atoms with Crippen LogP contribution < -0.4 is 9.47 Å². The number of rotatable bonds is 18. The lowest BCUT2D eigenvalue weighted by Gasteiger charge is -2.14. The molecule has 0 fully saturated rings. The van der Waals surface area contributed by atoms with Crippen LogP contribution in [0.1, 0.15) is 105 Å². The van der Waals surface area contributed by atoms with Gasteiger partial charge in [0.1, 0.15) is 34.8 Å².